The van der Waals surface area contributed by atoms with Crippen LogP contribution in [0.2, 0.25) is 0 Å². The summed E-state index contributed by atoms with van der Waals surface area (Å²) in [6, 6.07) is 14.9. The summed E-state index contributed by atoms with van der Waals surface area (Å²) >= 11 is 1.80. The van der Waals surface area contributed by atoms with E-state index in [0.29, 0.717) is 6.54 Å². The third-order valence-corrected chi connectivity index (χ3v) is 6.42. The number of piperazine rings is 1. The number of nitrogens with zero attached hydrogens (tertiary/aromatic N) is 6. The zero-order chi connectivity index (χ0) is 20.8. The van der Waals surface area contributed by atoms with Gasteiger partial charge in [0.15, 0.2) is 11.8 Å². The van der Waals surface area contributed by atoms with Crippen molar-refractivity contribution >= 4 is 23.0 Å². The van der Waals surface area contributed by atoms with E-state index in [0.717, 1.165) is 56.8 Å². The Balaban J connectivity index is 1.41. The number of nitrogens with one attached hydrogen (secondary N) is 1. The molecule has 1 aliphatic rings. The zero-order valence-corrected chi connectivity index (χ0v) is 18.5. The van der Waals surface area contributed by atoms with Crippen molar-refractivity contribution in [1.82, 2.24) is 25.0 Å². The standard InChI is InChI=1S/C22H29N7S/c1-18-25-26-21(27(18)2)17-24-22(23-11-10-20-9-6-16-30-20)29-14-12-28(13-15-29)19-7-4-3-5-8-19/h3-9,16H,10-15,17H2,1-2H3,(H,23,24). The summed E-state index contributed by atoms with van der Waals surface area (Å²) < 4.78 is 2.00. The lowest BCUT2D eigenvalue weighted by atomic mass is 10.2. The molecule has 0 saturated carbocycles. The van der Waals surface area contributed by atoms with Crippen LogP contribution < -0.4 is 10.2 Å². The normalized spacial score (nSPS) is 14.9. The van der Waals surface area contributed by atoms with Crippen LogP contribution >= 0.6 is 11.3 Å². The van der Waals surface area contributed by atoms with Crippen LogP contribution in [0.1, 0.15) is 16.5 Å². The van der Waals surface area contributed by atoms with Gasteiger partial charge < -0.3 is 19.7 Å². The molecule has 3 aromatic rings. The Morgan fingerprint density at radius 1 is 1.07 bits per heavy atom. The van der Waals surface area contributed by atoms with Crippen LogP contribution in [0.15, 0.2) is 52.8 Å². The Morgan fingerprint density at radius 2 is 1.87 bits per heavy atom. The van der Waals surface area contributed by atoms with Crippen LogP contribution in [0.4, 0.5) is 5.69 Å². The van der Waals surface area contributed by atoms with Gasteiger partial charge in [-0.1, -0.05) is 24.3 Å². The van der Waals surface area contributed by atoms with Crippen molar-refractivity contribution in [2.45, 2.75) is 19.9 Å². The number of aromatic nitrogens is 3. The maximum Gasteiger partial charge on any atom is 0.194 e. The summed E-state index contributed by atoms with van der Waals surface area (Å²) in [7, 11) is 1.99. The molecule has 0 amide bonds. The smallest absolute Gasteiger partial charge is 0.194 e. The first-order valence-electron chi connectivity index (χ1n) is 10.4. The van der Waals surface area contributed by atoms with Crippen LogP contribution in [0.25, 0.3) is 0 Å². The maximum absolute atomic E-state index is 4.90. The number of guanidine groups is 1. The zero-order valence-electron chi connectivity index (χ0n) is 17.7. The largest absolute Gasteiger partial charge is 0.368 e. The second kappa shape index (κ2) is 9.75. The van der Waals surface area contributed by atoms with Crippen molar-refractivity contribution in [3.8, 4) is 0 Å². The van der Waals surface area contributed by atoms with Gasteiger partial charge in [-0.15, -0.1) is 21.5 Å². The molecule has 0 aliphatic carbocycles. The molecule has 1 aliphatic heterocycles. The van der Waals surface area contributed by atoms with Crippen molar-refractivity contribution in [2.24, 2.45) is 12.0 Å². The van der Waals surface area contributed by atoms with Crippen LogP contribution in [0.3, 0.4) is 0 Å². The molecule has 0 radical (unpaired) electrons. The summed E-state index contributed by atoms with van der Waals surface area (Å²) in [5.41, 5.74) is 1.29. The first-order chi connectivity index (χ1) is 14.7. The number of hydrogen-bond donors (Lipinski definition) is 1. The first-order valence-corrected chi connectivity index (χ1v) is 11.3. The number of para-hydroxylation sites is 1. The highest BCUT2D eigenvalue weighted by atomic mass is 32.1. The molecule has 1 N–H and O–H groups in total. The molecule has 30 heavy (non-hydrogen) atoms. The third-order valence-electron chi connectivity index (χ3n) is 5.49. The van der Waals surface area contributed by atoms with E-state index in [-0.39, 0.29) is 0 Å². The minimum atomic E-state index is 0.525. The molecule has 7 nitrogen and oxygen atoms in total. The lowest BCUT2D eigenvalue weighted by Gasteiger charge is -2.37. The molecule has 4 rings (SSSR count). The predicted octanol–water partition coefficient (Wildman–Crippen LogP) is 2.70. The first kappa shape index (κ1) is 20.4. The number of aryl methyl sites for hydroxylation is 1. The summed E-state index contributed by atoms with van der Waals surface area (Å²) in [5, 5.41) is 14.1. The molecule has 0 atom stereocenters. The van der Waals surface area contributed by atoms with E-state index in [1.807, 2.05) is 18.5 Å². The minimum absolute atomic E-state index is 0.525. The molecule has 1 saturated heterocycles. The summed E-state index contributed by atoms with van der Waals surface area (Å²) in [5.74, 6) is 2.75. The Hall–Kier alpha value is -2.87. The van der Waals surface area contributed by atoms with Crippen LogP contribution in [0.5, 0.6) is 0 Å². The number of thiophene rings is 1. The number of rotatable bonds is 6. The molecule has 1 aromatic carbocycles. The molecule has 158 valence electrons. The molecule has 0 bridgehead atoms. The second-order valence-electron chi connectivity index (χ2n) is 7.43. The highest BCUT2D eigenvalue weighted by Gasteiger charge is 2.20. The lowest BCUT2D eigenvalue weighted by molar-refractivity contribution is 0.371. The molecule has 2 aromatic heterocycles. The quantitative estimate of drug-likeness (QED) is 0.488. The number of hydrogen-bond acceptors (Lipinski definition) is 5. The van der Waals surface area contributed by atoms with Gasteiger partial charge in [0.1, 0.15) is 12.4 Å². The van der Waals surface area contributed by atoms with Crippen LogP contribution in [-0.2, 0) is 20.0 Å². The van der Waals surface area contributed by atoms with E-state index in [1.165, 1.54) is 10.6 Å². The van der Waals surface area contributed by atoms with Crippen molar-refractivity contribution in [2.75, 3.05) is 37.6 Å². The molecule has 1 fully saturated rings. The van der Waals surface area contributed by atoms with Gasteiger partial charge in [0.2, 0.25) is 0 Å². The van der Waals surface area contributed by atoms with E-state index in [1.54, 1.807) is 11.3 Å². The van der Waals surface area contributed by atoms with Gasteiger partial charge in [-0.05, 0) is 36.9 Å². The lowest BCUT2D eigenvalue weighted by Crippen LogP contribution is -2.52. The van der Waals surface area contributed by atoms with Crippen LogP contribution in [-0.4, -0.2) is 58.3 Å². The van der Waals surface area contributed by atoms with E-state index in [2.05, 4.69) is 73.2 Å². The highest BCUT2D eigenvalue weighted by molar-refractivity contribution is 7.09. The highest BCUT2D eigenvalue weighted by Crippen LogP contribution is 2.16. The summed E-state index contributed by atoms with van der Waals surface area (Å²) in [6.45, 7) is 7.21. The third kappa shape index (κ3) is 4.99. The average molecular weight is 424 g/mol. The molecule has 8 heteroatoms. The fourth-order valence-corrected chi connectivity index (χ4v) is 4.28. The minimum Gasteiger partial charge on any atom is -0.368 e. The van der Waals surface area contributed by atoms with Crippen molar-refractivity contribution < 1.29 is 0 Å². The Bertz CT molecular complexity index is 941. The van der Waals surface area contributed by atoms with Crippen LogP contribution in [0, 0.1) is 6.92 Å². The summed E-state index contributed by atoms with van der Waals surface area (Å²) in [4.78, 5) is 11.1. The van der Waals surface area contributed by atoms with Crippen molar-refractivity contribution in [1.29, 1.82) is 0 Å². The molecule has 0 unspecified atom stereocenters. The SMILES string of the molecule is Cc1nnc(CN=C(NCCc2cccs2)N2CCN(c3ccccc3)CC2)n1C. The van der Waals surface area contributed by atoms with Crippen molar-refractivity contribution in [3.05, 3.63) is 64.4 Å². The Labute approximate surface area is 182 Å². The predicted molar refractivity (Wildman–Crippen MR) is 123 cm³/mol. The van der Waals surface area contributed by atoms with E-state index in [4.69, 9.17) is 4.99 Å². The van der Waals surface area contributed by atoms with Gasteiger partial charge in [0, 0.05) is 50.3 Å². The summed E-state index contributed by atoms with van der Waals surface area (Å²) in [6.07, 6.45) is 1.00. The van der Waals surface area contributed by atoms with Gasteiger partial charge in [-0.25, -0.2) is 4.99 Å². The van der Waals surface area contributed by atoms with Crippen molar-refractivity contribution in [3.63, 3.8) is 0 Å². The topological polar surface area (TPSA) is 61.6 Å². The van der Waals surface area contributed by atoms with Gasteiger partial charge in [-0.3, -0.25) is 0 Å². The van der Waals surface area contributed by atoms with E-state index in [9.17, 15) is 0 Å². The number of anilines is 1. The Morgan fingerprint density at radius 3 is 2.53 bits per heavy atom. The van der Waals surface area contributed by atoms with E-state index >= 15 is 0 Å². The van der Waals surface area contributed by atoms with Gasteiger partial charge >= 0.3 is 0 Å². The van der Waals surface area contributed by atoms with Gasteiger partial charge in [0.05, 0.1) is 0 Å². The average Bonchev–Trinajstić information content (AvgIpc) is 3.42. The molecular weight excluding hydrogens is 394 g/mol. The molecule has 3 heterocycles. The monoisotopic (exact) mass is 423 g/mol. The van der Waals surface area contributed by atoms with Gasteiger partial charge in [-0.2, -0.15) is 0 Å². The Kier molecular flexibility index (Phi) is 6.63. The second-order valence-corrected chi connectivity index (χ2v) is 8.46. The number of benzene rings is 1. The molecular formula is C22H29N7S. The van der Waals surface area contributed by atoms with E-state index < -0.39 is 0 Å². The maximum atomic E-state index is 4.90. The molecule has 0 spiro atoms. The fraction of sp³-hybridized carbons (Fsp3) is 0.409. The fourth-order valence-electron chi connectivity index (χ4n) is 3.57. The number of aliphatic imine (C=N–C) groups is 1. The van der Waals surface area contributed by atoms with Gasteiger partial charge in [0.25, 0.3) is 0 Å².